The number of hydrogen-bond donors (Lipinski definition) is 1. The molecule has 2 atom stereocenters. The summed E-state index contributed by atoms with van der Waals surface area (Å²) in [7, 11) is 1.63. The van der Waals surface area contributed by atoms with Crippen molar-refractivity contribution >= 4 is 11.6 Å². The van der Waals surface area contributed by atoms with E-state index in [1.165, 1.54) is 11.1 Å². The molecule has 1 aromatic heterocycles. The molecule has 3 heterocycles. The smallest absolute Gasteiger partial charge is 0.230 e. The topological polar surface area (TPSA) is 91.9 Å². The molecule has 1 N–H and O–H groups in total. The van der Waals surface area contributed by atoms with Gasteiger partial charge >= 0.3 is 0 Å². The number of nitrogens with zero attached hydrogens (tertiary/aromatic N) is 4. The van der Waals surface area contributed by atoms with Crippen LogP contribution in [0.1, 0.15) is 42.2 Å². The molecule has 1 amide bonds. The third-order valence-corrected chi connectivity index (χ3v) is 7.37. The number of rotatable bonds is 5. The molecule has 2 aliphatic heterocycles. The lowest BCUT2D eigenvalue weighted by molar-refractivity contribution is -0.136. The first-order valence-electron chi connectivity index (χ1n) is 12.2. The van der Waals surface area contributed by atoms with Crippen LogP contribution in [-0.4, -0.2) is 59.0 Å². The number of ether oxygens (including phenoxy) is 1. The molecule has 2 aromatic carbocycles. The highest BCUT2D eigenvalue weighted by Crippen LogP contribution is 2.33. The quantitative estimate of drug-likeness (QED) is 0.597. The Hall–Kier alpha value is -3.39. The Morgan fingerprint density at radius 1 is 1.11 bits per heavy atom. The van der Waals surface area contributed by atoms with Crippen molar-refractivity contribution in [2.45, 2.75) is 45.3 Å². The van der Waals surface area contributed by atoms with Gasteiger partial charge in [0.1, 0.15) is 12.0 Å². The molecule has 2 aliphatic rings. The number of methoxy groups -OCH3 is 1. The van der Waals surface area contributed by atoms with E-state index in [0.29, 0.717) is 37.8 Å². The number of benzene rings is 2. The van der Waals surface area contributed by atoms with Crippen LogP contribution < -0.4 is 9.64 Å². The van der Waals surface area contributed by atoms with Crippen LogP contribution in [0.3, 0.4) is 0 Å². The monoisotopic (exact) mass is 476 g/mol. The summed E-state index contributed by atoms with van der Waals surface area (Å²) in [6.45, 7) is 5.98. The van der Waals surface area contributed by atoms with Crippen LogP contribution in [0.2, 0.25) is 0 Å². The maximum atomic E-state index is 13.3. The van der Waals surface area contributed by atoms with E-state index in [1.807, 2.05) is 40.1 Å². The summed E-state index contributed by atoms with van der Waals surface area (Å²) in [6.07, 6.45) is 1.37. The molecule has 35 heavy (non-hydrogen) atoms. The van der Waals surface area contributed by atoms with E-state index in [2.05, 4.69) is 36.1 Å². The minimum Gasteiger partial charge on any atom is -0.497 e. The predicted molar refractivity (Wildman–Crippen MR) is 132 cm³/mol. The summed E-state index contributed by atoms with van der Waals surface area (Å²) in [6, 6.07) is 13.8. The van der Waals surface area contributed by atoms with Gasteiger partial charge in [-0.25, -0.2) is 0 Å². The van der Waals surface area contributed by atoms with Gasteiger partial charge in [-0.05, 0) is 62.1 Å². The van der Waals surface area contributed by atoms with Gasteiger partial charge < -0.3 is 24.2 Å². The number of likely N-dealkylation sites (tertiary alicyclic amines) is 1. The van der Waals surface area contributed by atoms with Crippen LogP contribution in [-0.2, 0) is 4.79 Å². The number of hydrogen-bond acceptors (Lipinski definition) is 7. The van der Waals surface area contributed by atoms with E-state index >= 15 is 0 Å². The minimum absolute atomic E-state index is 0.122. The second kappa shape index (κ2) is 9.70. The molecule has 184 valence electrons. The number of aryl methyl sites for hydroxylation is 2. The number of piperidine rings is 1. The molecule has 0 aliphatic carbocycles. The Morgan fingerprint density at radius 2 is 1.91 bits per heavy atom. The SMILES string of the molecule is COc1cccc(-c2noc(C3CCN(C(=O)[C@@H]4CC(O)N(c5ccc(C)c(C)c5)C4)CC3)n2)c1. The van der Waals surface area contributed by atoms with Crippen LogP contribution in [0.5, 0.6) is 5.75 Å². The van der Waals surface area contributed by atoms with E-state index in [-0.39, 0.29) is 17.7 Å². The van der Waals surface area contributed by atoms with Crippen molar-refractivity contribution in [2.24, 2.45) is 5.92 Å². The Balaban J connectivity index is 1.19. The molecule has 0 radical (unpaired) electrons. The summed E-state index contributed by atoms with van der Waals surface area (Å²) in [5.41, 5.74) is 4.22. The van der Waals surface area contributed by atoms with Gasteiger partial charge in [0.15, 0.2) is 0 Å². The number of aromatic nitrogens is 2. The summed E-state index contributed by atoms with van der Waals surface area (Å²) in [4.78, 5) is 21.8. The normalized spacial score (nSPS) is 20.9. The molecule has 0 bridgehead atoms. The van der Waals surface area contributed by atoms with Crippen molar-refractivity contribution in [3.63, 3.8) is 0 Å². The van der Waals surface area contributed by atoms with Crippen molar-refractivity contribution in [1.29, 1.82) is 0 Å². The molecule has 0 spiro atoms. The highest BCUT2D eigenvalue weighted by molar-refractivity contribution is 5.80. The lowest BCUT2D eigenvalue weighted by Gasteiger charge is -2.32. The second-order valence-corrected chi connectivity index (χ2v) is 9.62. The largest absolute Gasteiger partial charge is 0.497 e. The molecule has 8 nitrogen and oxygen atoms in total. The van der Waals surface area contributed by atoms with Gasteiger partial charge in [-0.3, -0.25) is 4.79 Å². The summed E-state index contributed by atoms with van der Waals surface area (Å²) in [5, 5.41) is 14.8. The molecule has 8 heteroatoms. The molecule has 2 fully saturated rings. The van der Waals surface area contributed by atoms with Gasteiger partial charge in [-0.2, -0.15) is 4.98 Å². The standard InChI is InChI=1S/C27H32N4O4/c1-17-7-8-22(13-18(17)2)31-16-21(15-24(31)32)27(33)30-11-9-19(10-12-30)26-28-25(29-35-26)20-5-4-6-23(14-20)34-3/h4-8,13-14,19,21,24,32H,9-12,15-16H2,1-3H3/t21-,24?/m1/s1. The van der Waals surface area contributed by atoms with Crippen LogP contribution >= 0.6 is 0 Å². The van der Waals surface area contributed by atoms with Gasteiger partial charge in [0, 0.05) is 43.2 Å². The first-order valence-corrected chi connectivity index (χ1v) is 12.2. The molecule has 0 saturated carbocycles. The van der Waals surface area contributed by atoms with Gasteiger partial charge in [0.25, 0.3) is 0 Å². The zero-order chi connectivity index (χ0) is 24.5. The van der Waals surface area contributed by atoms with Crippen molar-refractivity contribution in [3.8, 4) is 17.1 Å². The number of aliphatic hydroxyl groups excluding tert-OH is 1. The molecule has 5 rings (SSSR count). The zero-order valence-electron chi connectivity index (χ0n) is 20.5. The zero-order valence-corrected chi connectivity index (χ0v) is 20.5. The van der Waals surface area contributed by atoms with E-state index < -0.39 is 6.23 Å². The summed E-state index contributed by atoms with van der Waals surface area (Å²) >= 11 is 0. The van der Waals surface area contributed by atoms with Gasteiger partial charge in [-0.1, -0.05) is 23.4 Å². The van der Waals surface area contributed by atoms with Crippen LogP contribution in [0.25, 0.3) is 11.4 Å². The third kappa shape index (κ3) is 4.75. The van der Waals surface area contributed by atoms with Crippen LogP contribution in [0.4, 0.5) is 5.69 Å². The second-order valence-electron chi connectivity index (χ2n) is 9.62. The first-order chi connectivity index (χ1) is 16.9. The molecule has 1 unspecified atom stereocenters. The Kier molecular flexibility index (Phi) is 6.47. The lowest BCUT2D eigenvalue weighted by atomic mass is 9.95. The van der Waals surface area contributed by atoms with E-state index in [9.17, 15) is 9.90 Å². The summed E-state index contributed by atoms with van der Waals surface area (Å²) < 4.78 is 10.9. The molecule has 3 aromatic rings. The van der Waals surface area contributed by atoms with Gasteiger partial charge in [0.05, 0.1) is 13.0 Å². The fourth-order valence-corrected chi connectivity index (χ4v) is 5.06. The van der Waals surface area contributed by atoms with Gasteiger partial charge in [-0.15, -0.1) is 0 Å². The average molecular weight is 477 g/mol. The molecule has 2 saturated heterocycles. The van der Waals surface area contributed by atoms with E-state index in [0.717, 1.165) is 29.8 Å². The number of carbonyl (C=O) groups is 1. The Bertz CT molecular complexity index is 1200. The van der Waals surface area contributed by atoms with Crippen molar-refractivity contribution in [1.82, 2.24) is 15.0 Å². The highest BCUT2D eigenvalue weighted by Gasteiger charge is 2.38. The van der Waals surface area contributed by atoms with E-state index in [4.69, 9.17) is 9.26 Å². The van der Waals surface area contributed by atoms with Gasteiger partial charge in [0.2, 0.25) is 17.6 Å². The van der Waals surface area contributed by atoms with Crippen LogP contribution in [0.15, 0.2) is 47.0 Å². The van der Waals surface area contributed by atoms with E-state index in [1.54, 1.807) is 7.11 Å². The number of anilines is 1. The number of aliphatic hydroxyl groups is 1. The fourth-order valence-electron chi connectivity index (χ4n) is 5.06. The van der Waals surface area contributed by atoms with Crippen molar-refractivity contribution in [2.75, 3.05) is 31.6 Å². The Morgan fingerprint density at radius 3 is 2.66 bits per heavy atom. The Labute approximate surface area is 205 Å². The fraction of sp³-hybridized carbons (Fsp3) is 0.444. The number of carbonyl (C=O) groups excluding carboxylic acids is 1. The first kappa shape index (κ1) is 23.4. The van der Waals surface area contributed by atoms with Crippen molar-refractivity contribution < 1.29 is 19.2 Å². The average Bonchev–Trinajstić information content (AvgIpc) is 3.53. The third-order valence-electron chi connectivity index (χ3n) is 7.37. The highest BCUT2D eigenvalue weighted by atomic mass is 16.5. The summed E-state index contributed by atoms with van der Waals surface area (Å²) in [5.74, 6) is 1.96. The predicted octanol–water partition coefficient (Wildman–Crippen LogP) is 3.91. The minimum atomic E-state index is -0.642. The molecular formula is C27H32N4O4. The maximum Gasteiger partial charge on any atom is 0.230 e. The maximum absolute atomic E-state index is 13.3. The molecular weight excluding hydrogens is 444 g/mol. The van der Waals surface area contributed by atoms with Crippen LogP contribution in [0, 0.1) is 19.8 Å². The number of amides is 1. The lowest BCUT2D eigenvalue weighted by Crippen LogP contribution is -2.42. The van der Waals surface area contributed by atoms with Crippen molar-refractivity contribution in [3.05, 3.63) is 59.5 Å².